The van der Waals surface area contributed by atoms with Gasteiger partial charge in [0.15, 0.2) is 0 Å². The fraction of sp³-hybridized carbons (Fsp3) is 0.500. The van der Waals surface area contributed by atoms with E-state index < -0.39 is 0 Å². The highest BCUT2D eigenvalue weighted by Gasteiger charge is 2.10. The number of amides is 1. The molecular formula is C14H21BrN2O2. The summed E-state index contributed by atoms with van der Waals surface area (Å²) < 4.78 is 6.12. The van der Waals surface area contributed by atoms with Gasteiger partial charge in [0.05, 0.1) is 18.1 Å². The van der Waals surface area contributed by atoms with Gasteiger partial charge >= 0.3 is 0 Å². The molecule has 106 valence electrons. The molecule has 1 rings (SSSR count). The summed E-state index contributed by atoms with van der Waals surface area (Å²) in [6.07, 6.45) is 2.16. The molecule has 0 bridgehead atoms. The maximum atomic E-state index is 11.1. The fourth-order valence-electron chi connectivity index (χ4n) is 1.88. The molecule has 19 heavy (non-hydrogen) atoms. The molecule has 0 aliphatic heterocycles. The van der Waals surface area contributed by atoms with Crippen LogP contribution in [-0.2, 0) is 11.3 Å². The maximum absolute atomic E-state index is 11.1. The van der Waals surface area contributed by atoms with Crippen LogP contribution in [0.5, 0.6) is 5.75 Å². The molecule has 0 fully saturated rings. The van der Waals surface area contributed by atoms with Crippen molar-refractivity contribution in [3.05, 3.63) is 28.2 Å². The SMILES string of the molecule is CCCCN(CC(N)=O)Cc1ccc(OC)c(Br)c1. The van der Waals surface area contributed by atoms with Crippen LogP contribution in [-0.4, -0.2) is 31.0 Å². The van der Waals surface area contributed by atoms with Gasteiger partial charge in [-0.05, 0) is 46.6 Å². The molecule has 0 aromatic heterocycles. The van der Waals surface area contributed by atoms with Gasteiger partial charge in [0.1, 0.15) is 5.75 Å². The number of carbonyl (C=O) groups excluding carboxylic acids is 1. The number of hydrogen-bond donors (Lipinski definition) is 1. The van der Waals surface area contributed by atoms with Crippen molar-refractivity contribution in [2.24, 2.45) is 5.73 Å². The van der Waals surface area contributed by atoms with E-state index in [1.54, 1.807) is 7.11 Å². The van der Waals surface area contributed by atoms with Gasteiger partial charge in [-0.1, -0.05) is 19.4 Å². The van der Waals surface area contributed by atoms with Crippen LogP contribution in [0.4, 0.5) is 0 Å². The van der Waals surface area contributed by atoms with Gasteiger partial charge in [-0.25, -0.2) is 0 Å². The van der Waals surface area contributed by atoms with Crippen LogP contribution < -0.4 is 10.5 Å². The number of rotatable bonds is 8. The lowest BCUT2D eigenvalue weighted by Gasteiger charge is -2.20. The van der Waals surface area contributed by atoms with E-state index in [-0.39, 0.29) is 5.91 Å². The molecular weight excluding hydrogens is 308 g/mol. The number of carbonyl (C=O) groups is 1. The minimum Gasteiger partial charge on any atom is -0.496 e. The Morgan fingerprint density at radius 3 is 2.74 bits per heavy atom. The van der Waals surface area contributed by atoms with E-state index >= 15 is 0 Å². The van der Waals surface area contributed by atoms with Crippen LogP contribution in [0.2, 0.25) is 0 Å². The second kappa shape index (κ2) is 8.17. The molecule has 0 radical (unpaired) electrons. The lowest BCUT2D eigenvalue weighted by Crippen LogP contribution is -2.34. The predicted octanol–water partition coefficient (Wildman–Crippen LogP) is 2.55. The number of hydrogen-bond acceptors (Lipinski definition) is 3. The highest BCUT2D eigenvalue weighted by atomic mass is 79.9. The minimum absolute atomic E-state index is 0.288. The van der Waals surface area contributed by atoms with Crippen molar-refractivity contribution in [3.63, 3.8) is 0 Å². The summed E-state index contributed by atoms with van der Waals surface area (Å²) in [5.41, 5.74) is 6.41. The van der Waals surface area contributed by atoms with Crippen LogP contribution in [0.1, 0.15) is 25.3 Å². The molecule has 0 spiro atoms. The van der Waals surface area contributed by atoms with Crippen LogP contribution in [0, 0.1) is 0 Å². The summed E-state index contributed by atoms with van der Waals surface area (Å²) in [6, 6.07) is 5.93. The monoisotopic (exact) mass is 328 g/mol. The third-order valence-electron chi connectivity index (χ3n) is 2.83. The smallest absolute Gasteiger partial charge is 0.231 e. The molecule has 0 heterocycles. The Kier molecular flexibility index (Phi) is 6.87. The highest BCUT2D eigenvalue weighted by Crippen LogP contribution is 2.26. The standard InChI is InChI=1S/C14H21BrN2O2/c1-3-4-7-17(10-14(16)18)9-11-5-6-13(19-2)12(15)8-11/h5-6,8H,3-4,7,9-10H2,1-2H3,(H2,16,18). The Bertz CT molecular complexity index is 424. The number of halogens is 1. The molecule has 0 aliphatic rings. The zero-order valence-corrected chi connectivity index (χ0v) is 13.1. The largest absolute Gasteiger partial charge is 0.496 e. The molecule has 2 N–H and O–H groups in total. The van der Waals surface area contributed by atoms with E-state index in [4.69, 9.17) is 10.5 Å². The third-order valence-corrected chi connectivity index (χ3v) is 3.45. The Morgan fingerprint density at radius 1 is 1.47 bits per heavy atom. The van der Waals surface area contributed by atoms with Crippen molar-refractivity contribution in [2.75, 3.05) is 20.2 Å². The van der Waals surface area contributed by atoms with Crippen molar-refractivity contribution < 1.29 is 9.53 Å². The Labute approximate surface area is 123 Å². The summed E-state index contributed by atoms with van der Waals surface area (Å²) in [6.45, 7) is 4.02. The van der Waals surface area contributed by atoms with Crippen molar-refractivity contribution >= 4 is 21.8 Å². The van der Waals surface area contributed by atoms with Crippen molar-refractivity contribution in [1.82, 2.24) is 4.90 Å². The topological polar surface area (TPSA) is 55.6 Å². The van der Waals surface area contributed by atoms with Crippen molar-refractivity contribution in [1.29, 1.82) is 0 Å². The van der Waals surface area contributed by atoms with Gasteiger partial charge in [-0.15, -0.1) is 0 Å². The number of ether oxygens (including phenoxy) is 1. The van der Waals surface area contributed by atoms with Gasteiger partial charge in [0.2, 0.25) is 5.91 Å². The van der Waals surface area contributed by atoms with E-state index in [0.717, 1.165) is 35.2 Å². The van der Waals surface area contributed by atoms with E-state index in [0.29, 0.717) is 13.1 Å². The summed E-state index contributed by atoms with van der Waals surface area (Å²) in [5.74, 6) is 0.516. The van der Waals surface area contributed by atoms with Crippen molar-refractivity contribution in [2.45, 2.75) is 26.3 Å². The Morgan fingerprint density at radius 2 is 2.21 bits per heavy atom. The van der Waals surface area contributed by atoms with Crippen LogP contribution in [0.3, 0.4) is 0 Å². The van der Waals surface area contributed by atoms with Gasteiger partial charge in [0.25, 0.3) is 0 Å². The average Bonchev–Trinajstić information content (AvgIpc) is 2.35. The molecule has 1 amide bonds. The number of nitrogens with zero attached hydrogens (tertiary/aromatic N) is 1. The minimum atomic E-state index is -0.288. The number of benzene rings is 1. The lowest BCUT2D eigenvalue weighted by atomic mass is 10.2. The fourth-order valence-corrected chi connectivity index (χ4v) is 2.47. The number of methoxy groups -OCH3 is 1. The lowest BCUT2D eigenvalue weighted by molar-refractivity contribution is -0.119. The van der Waals surface area contributed by atoms with Crippen LogP contribution in [0.25, 0.3) is 0 Å². The molecule has 4 nitrogen and oxygen atoms in total. The molecule has 0 saturated carbocycles. The van der Waals surface area contributed by atoms with E-state index in [9.17, 15) is 4.79 Å². The Hall–Kier alpha value is -1.07. The van der Waals surface area contributed by atoms with Gasteiger partial charge in [0, 0.05) is 6.54 Å². The first-order valence-corrected chi connectivity index (χ1v) is 7.19. The molecule has 0 atom stereocenters. The predicted molar refractivity (Wildman–Crippen MR) is 80.1 cm³/mol. The quantitative estimate of drug-likeness (QED) is 0.797. The highest BCUT2D eigenvalue weighted by molar-refractivity contribution is 9.10. The molecule has 5 heteroatoms. The first-order chi connectivity index (χ1) is 9.06. The zero-order valence-electron chi connectivity index (χ0n) is 11.5. The van der Waals surface area contributed by atoms with E-state index in [1.807, 2.05) is 18.2 Å². The number of nitrogens with two attached hydrogens (primary N) is 1. The summed E-state index contributed by atoms with van der Waals surface area (Å²) >= 11 is 3.47. The van der Waals surface area contributed by atoms with Crippen LogP contribution >= 0.6 is 15.9 Å². The second-order valence-electron chi connectivity index (χ2n) is 4.50. The summed E-state index contributed by atoms with van der Waals surface area (Å²) in [7, 11) is 1.64. The number of primary amides is 1. The second-order valence-corrected chi connectivity index (χ2v) is 5.35. The molecule has 0 saturated heterocycles. The maximum Gasteiger partial charge on any atom is 0.231 e. The molecule has 0 unspecified atom stereocenters. The van der Waals surface area contributed by atoms with Gasteiger partial charge in [-0.2, -0.15) is 0 Å². The van der Waals surface area contributed by atoms with E-state index in [2.05, 4.69) is 27.8 Å². The van der Waals surface area contributed by atoms with Gasteiger partial charge < -0.3 is 10.5 Å². The average molecular weight is 329 g/mol. The van der Waals surface area contributed by atoms with Gasteiger partial charge in [-0.3, -0.25) is 9.69 Å². The first kappa shape index (κ1) is 16.0. The van der Waals surface area contributed by atoms with E-state index in [1.165, 1.54) is 0 Å². The normalized spacial score (nSPS) is 10.7. The Balaban J connectivity index is 2.71. The zero-order chi connectivity index (χ0) is 14.3. The number of unbranched alkanes of at least 4 members (excludes halogenated alkanes) is 1. The molecule has 1 aromatic carbocycles. The first-order valence-electron chi connectivity index (χ1n) is 6.40. The van der Waals surface area contributed by atoms with Crippen molar-refractivity contribution in [3.8, 4) is 5.75 Å². The third kappa shape index (κ3) is 5.61. The van der Waals surface area contributed by atoms with Crippen LogP contribution in [0.15, 0.2) is 22.7 Å². The summed E-state index contributed by atoms with van der Waals surface area (Å²) in [5, 5.41) is 0. The summed E-state index contributed by atoms with van der Waals surface area (Å²) in [4.78, 5) is 13.2. The molecule has 1 aromatic rings. The molecule has 0 aliphatic carbocycles.